The fraction of sp³-hybridized carbons (Fsp3) is 1.00. The average Bonchev–Trinajstić information content (AvgIpc) is 2.26. The number of hydrogen-bond acceptors (Lipinski definition) is 6. The molecule has 6 nitrogen and oxygen atoms in total. The normalized spacial score (nSPS) is 19.6. The van der Waals surface area contributed by atoms with Crippen molar-refractivity contribution in [3.63, 3.8) is 0 Å². The van der Waals surface area contributed by atoms with Crippen LogP contribution in [0.4, 0.5) is 0 Å². The molecule has 0 aliphatic carbocycles. The van der Waals surface area contributed by atoms with Crippen molar-refractivity contribution in [2.75, 3.05) is 19.7 Å². The Morgan fingerprint density at radius 2 is 1.33 bits per heavy atom. The van der Waals surface area contributed by atoms with Crippen LogP contribution in [0.25, 0.3) is 0 Å². The van der Waals surface area contributed by atoms with Gasteiger partial charge in [0, 0.05) is 19.1 Å². The van der Waals surface area contributed by atoms with Crippen molar-refractivity contribution in [3.8, 4) is 0 Å². The summed E-state index contributed by atoms with van der Waals surface area (Å²) in [4.78, 5) is 0. The molecule has 0 aromatic rings. The lowest BCUT2D eigenvalue weighted by Crippen LogP contribution is -2.40. The Morgan fingerprint density at radius 1 is 0.933 bits per heavy atom. The molecule has 0 aromatic carbocycles. The van der Waals surface area contributed by atoms with Gasteiger partial charge in [-0.3, -0.25) is 0 Å². The summed E-state index contributed by atoms with van der Waals surface area (Å²) < 4.78 is 0. The van der Waals surface area contributed by atoms with Crippen LogP contribution in [0.1, 0.15) is 12.8 Å². The molecule has 0 rings (SSSR count). The Kier molecular flexibility index (Phi) is 7.85. The second-order valence-electron chi connectivity index (χ2n) is 3.86. The fourth-order valence-electron chi connectivity index (χ4n) is 1.49. The van der Waals surface area contributed by atoms with E-state index in [9.17, 15) is 10.2 Å². The van der Waals surface area contributed by atoms with Crippen LogP contribution in [0.5, 0.6) is 0 Å². The van der Waals surface area contributed by atoms with Crippen molar-refractivity contribution in [2.45, 2.75) is 31.1 Å². The molecule has 0 radical (unpaired) electrons. The molecule has 0 amide bonds. The van der Waals surface area contributed by atoms with Gasteiger partial charge in [-0.15, -0.1) is 0 Å². The van der Waals surface area contributed by atoms with E-state index in [0.717, 1.165) is 0 Å². The summed E-state index contributed by atoms with van der Waals surface area (Å²) in [6.07, 6.45) is -0.569. The molecule has 0 saturated carbocycles. The van der Waals surface area contributed by atoms with Crippen LogP contribution < -0.4 is 17.2 Å². The van der Waals surface area contributed by atoms with Crippen LogP contribution in [0.3, 0.4) is 0 Å². The minimum Gasteiger partial charge on any atom is -0.395 e. The molecule has 0 aromatic heterocycles. The lowest BCUT2D eigenvalue weighted by Gasteiger charge is -2.26. The van der Waals surface area contributed by atoms with E-state index in [2.05, 4.69) is 0 Å². The van der Waals surface area contributed by atoms with Gasteiger partial charge in [-0.1, -0.05) is 0 Å². The van der Waals surface area contributed by atoms with Crippen molar-refractivity contribution in [1.82, 2.24) is 0 Å². The zero-order chi connectivity index (χ0) is 11.8. The van der Waals surface area contributed by atoms with Gasteiger partial charge in [0.1, 0.15) is 0 Å². The Morgan fingerprint density at radius 3 is 1.60 bits per heavy atom. The van der Waals surface area contributed by atoms with E-state index < -0.39 is 18.2 Å². The lowest BCUT2D eigenvalue weighted by atomic mass is 9.89. The number of aliphatic hydroxyl groups excluding tert-OH is 3. The largest absolute Gasteiger partial charge is 0.395 e. The van der Waals surface area contributed by atoms with E-state index in [1.54, 1.807) is 0 Å². The highest BCUT2D eigenvalue weighted by atomic mass is 16.3. The maximum Gasteiger partial charge on any atom is 0.0665 e. The average molecular weight is 221 g/mol. The first-order valence-electron chi connectivity index (χ1n) is 5.17. The van der Waals surface area contributed by atoms with Gasteiger partial charge in [-0.25, -0.2) is 0 Å². The van der Waals surface area contributed by atoms with Crippen LogP contribution >= 0.6 is 0 Å². The van der Waals surface area contributed by atoms with E-state index in [0.29, 0.717) is 12.8 Å². The summed E-state index contributed by atoms with van der Waals surface area (Å²) >= 11 is 0. The van der Waals surface area contributed by atoms with Gasteiger partial charge in [0.25, 0.3) is 0 Å². The molecule has 4 atom stereocenters. The van der Waals surface area contributed by atoms with E-state index in [1.165, 1.54) is 0 Å². The van der Waals surface area contributed by atoms with E-state index >= 15 is 0 Å². The van der Waals surface area contributed by atoms with Crippen LogP contribution in [-0.2, 0) is 0 Å². The first-order chi connectivity index (χ1) is 7.04. The van der Waals surface area contributed by atoms with Gasteiger partial charge in [0.15, 0.2) is 0 Å². The molecule has 6 heteroatoms. The molecule has 3 unspecified atom stereocenters. The van der Waals surface area contributed by atoms with Crippen LogP contribution in [-0.4, -0.2) is 53.3 Å². The van der Waals surface area contributed by atoms with Gasteiger partial charge in [0.05, 0.1) is 18.8 Å². The maximum absolute atomic E-state index is 9.38. The molecule has 0 fully saturated rings. The van der Waals surface area contributed by atoms with E-state index in [-0.39, 0.29) is 25.6 Å². The van der Waals surface area contributed by atoms with Gasteiger partial charge in [-0.05, 0) is 18.8 Å². The number of hydrogen-bond donors (Lipinski definition) is 6. The second kappa shape index (κ2) is 7.98. The Balaban J connectivity index is 4.17. The molecule has 0 spiro atoms. The number of nitrogens with two attached hydrogens (primary N) is 3. The summed E-state index contributed by atoms with van der Waals surface area (Å²) in [5.41, 5.74) is 16.2. The topological polar surface area (TPSA) is 139 Å². The van der Waals surface area contributed by atoms with Gasteiger partial charge in [0.2, 0.25) is 0 Å². The Labute approximate surface area is 90.1 Å². The van der Waals surface area contributed by atoms with Crippen molar-refractivity contribution in [3.05, 3.63) is 0 Å². The third-order valence-electron chi connectivity index (χ3n) is 2.51. The Hall–Kier alpha value is -0.240. The summed E-state index contributed by atoms with van der Waals surface area (Å²) in [6.45, 7) is 0.111. The highest BCUT2D eigenvalue weighted by Gasteiger charge is 2.22. The quantitative estimate of drug-likeness (QED) is 0.264. The summed E-state index contributed by atoms with van der Waals surface area (Å²) in [5.74, 6) is -0.174. The first-order valence-corrected chi connectivity index (χ1v) is 5.17. The monoisotopic (exact) mass is 221 g/mol. The van der Waals surface area contributed by atoms with Gasteiger partial charge >= 0.3 is 0 Å². The molecular formula is C9H23N3O3. The van der Waals surface area contributed by atoms with Crippen molar-refractivity contribution >= 4 is 0 Å². The van der Waals surface area contributed by atoms with Gasteiger partial charge in [-0.2, -0.15) is 0 Å². The summed E-state index contributed by atoms with van der Waals surface area (Å²) in [5, 5.41) is 27.7. The molecule has 0 saturated heterocycles. The van der Waals surface area contributed by atoms with E-state index in [1.807, 2.05) is 0 Å². The third kappa shape index (κ3) is 6.03. The molecule has 0 bridgehead atoms. The second-order valence-corrected chi connectivity index (χ2v) is 3.86. The first kappa shape index (κ1) is 14.8. The molecule has 15 heavy (non-hydrogen) atoms. The molecule has 92 valence electrons. The van der Waals surface area contributed by atoms with Crippen LogP contribution in [0.2, 0.25) is 0 Å². The van der Waals surface area contributed by atoms with Crippen molar-refractivity contribution in [2.24, 2.45) is 23.1 Å². The van der Waals surface area contributed by atoms with Crippen molar-refractivity contribution < 1.29 is 15.3 Å². The minimum atomic E-state index is -0.655. The van der Waals surface area contributed by atoms with Crippen LogP contribution in [0.15, 0.2) is 0 Å². The van der Waals surface area contributed by atoms with Gasteiger partial charge < -0.3 is 32.5 Å². The Bertz CT molecular complexity index is 148. The molecule has 9 N–H and O–H groups in total. The maximum atomic E-state index is 9.38. The van der Waals surface area contributed by atoms with Crippen molar-refractivity contribution in [1.29, 1.82) is 0 Å². The summed E-state index contributed by atoms with van der Waals surface area (Å²) in [7, 11) is 0. The fourth-order valence-corrected chi connectivity index (χ4v) is 1.49. The number of rotatable bonds is 8. The standard InChI is InChI=1S/C9H23N3O3/c10-3-7(14)1-6(9(12)5-13)2-8(15)4-11/h6-9,13-15H,1-5,10-12H2/t6?,7-,8?,9?/m1/s1. The highest BCUT2D eigenvalue weighted by Crippen LogP contribution is 2.16. The number of aliphatic hydroxyl groups is 3. The summed E-state index contributed by atoms with van der Waals surface area (Å²) in [6, 6.07) is -0.465. The molecule has 0 heterocycles. The minimum absolute atomic E-state index is 0.146. The zero-order valence-corrected chi connectivity index (χ0v) is 8.92. The van der Waals surface area contributed by atoms with Crippen LogP contribution in [0, 0.1) is 5.92 Å². The highest BCUT2D eigenvalue weighted by molar-refractivity contribution is 4.78. The molecule has 0 aliphatic rings. The predicted molar refractivity (Wildman–Crippen MR) is 57.9 cm³/mol. The zero-order valence-electron chi connectivity index (χ0n) is 8.92. The smallest absolute Gasteiger partial charge is 0.0665 e. The van der Waals surface area contributed by atoms with E-state index in [4.69, 9.17) is 22.3 Å². The predicted octanol–water partition coefficient (Wildman–Crippen LogP) is -2.66. The SMILES string of the molecule is NCC(O)CC(C[C@@H](O)CN)C(N)CO. The molecular weight excluding hydrogens is 198 g/mol. The lowest BCUT2D eigenvalue weighted by molar-refractivity contribution is 0.0881. The molecule has 0 aliphatic heterocycles. The third-order valence-corrected chi connectivity index (χ3v) is 2.51.